The number of nitrogens with two attached hydrogens (primary N) is 1. The van der Waals surface area contributed by atoms with E-state index in [-0.39, 0.29) is 30.2 Å². The maximum Gasteiger partial charge on any atom is 0.0972 e. The molecule has 1 saturated heterocycles. The van der Waals surface area contributed by atoms with Gasteiger partial charge in [0, 0.05) is 42.5 Å². The zero-order valence-corrected chi connectivity index (χ0v) is 17.8. The fraction of sp³-hybridized carbons (Fsp3) is 0.500. The van der Waals surface area contributed by atoms with Gasteiger partial charge in [-0.05, 0) is 29.5 Å². The van der Waals surface area contributed by atoms with E-state index in [1.54, 1.807) is 11.3 Å². The third-order valence-corrected chi connectivity index (χ3v) is 5.79. The van der Waals surface area contributed by atoms with Gasteiger partial charge >= 0.3 is 0 Å². The first kappa shape index (κ1) is 22.7. The Morgan fingerprint density at radius 3 is 2.60 bits per heavy atom. The molecule has 1 unspecified atom stereocenters. The van der Waals surface area contributed by atoms with E-state index >= 15 is 0 Å². The number of hydrogen-bond acceptors (Lipinski definition) is 4. The van der Waals surface area contributed by atoms with Crippen LogP contribution in [0.5, 0.6) is 0 Å². The maximum atomic E-state index is 6.22. The van der Waals surface area contributed by atoms with Crippen molar-refractivity contribution < 1.29 is 0 Å². The molecule has 3 nitrogen and oxygen atoms in total. The van der Waals surface area contributed by atoms with Crippen LogP contribution in [-0.4, -0.2) is 29.0 Å². The third-order valence-electron chi connectivity index (χ3n) is 4.64. The van der Waals surface area contributed by atoms with Crippen molar-refractivity contribution in [1.82, 2.24) is 9.88 Å². The van der Waals surface area contributed by atoms with Crippen LogP contribution in [0.3, 0.4) is 0 Å². The lowest BCUT2D eigenvalue weighted by Crippen LogP contribution is -2.52. The molecule has 140 valence electrons. The van der Waals surface area contributed by atoms with Gasteiger partial charge < -0.3 is 5.73 Å². The molecular formula is C18H26Cl3N3S. The molecule has 0 amide bonds. The van der Waals surface area contributed by atoms with Crippen LogP contribution in [0.1, 0.15) is 36.5 Å². The number of thiazole rings is 1. The van der Waals surface area contributed by atoms with Crippen LogP contribution in [0.25, 0.3) is 0 Å². The van der Waals surface area contributed by atoms with Crippen molar-refractivity contribution >= 4 is 47.8 Å². The molecule has 25 heavy (non-hydrogen) atoms. The van der Waals surface area contributed by atoms with Crippen molar-refractivity contribution in [2.24, 2.45) is 11.1 Å². The zero-order chi connectivity index (χ0) is 16.4. The van der Waals surface area contributed by atoms with Crippen LogP contribution in [-0.2, 0) is 13.0 Å². The highest BCUT2D eigenvalue weighted by molar-refractivity contribution is 7.09. The first-order valence-electron chi connectivity index (χ1n) is 8.08. The number of benzene rings is 1. The molecule has 1 aromatic carbocycles. The summed E-state index contributed by atoms with van der Waals surface area (Å²) >= 11 is 7.68. The van der Waals surface area contributed by atoms with Gasteiger partial charge in [-0.1, -0.05) is 37.6 Å². The molecule has 0 spiro atoms. The lowest BCUT2D eigenvalue weighted by molar-refractivity contribution is 0.0890. The molecule has 2 heterocycles. The smallest absolute Gasteiger partial charge is 0.0972 e. The van der Waals surface area contributed by atoms with Crippen LogP contribution in [0, 0.1) is 5.41 Å². The van der Waals surface area contributed by atoms with Gasteiger partial charge in [-0.2, -0.15) is 0 Å². The van der Waals surface area contributed by atoms with E-state index in [0.29, 0.717) is 6.04 Å². The minimum Gasteiger partial charge on any atom is -0.327 e. The quantitative estimate of drug-likeness (QED) is 0.770. The molecule has 1 fully saturated rings. The van der Waals surface area contributed by atoms with Crippen LogP contribution in [0.2, 0.25) is 5.02 Å². The summed E-state index contributed by atoms with van der Waals surface area (Å²) in [7, 11) is 0. The Bertz CT molecular complexity index is 658. The van der Waals surface area contributed by atoms with Crippen molar-refractivity contribution in [3.8, 4) is 0 Å². The second-order valence-corrected chi connectivity index (χ2v) is 8.51. The van der Waals surface area contributed by atoms with Crippen molar-refractivity contribution in [2.45, 2.75) is 39.3 Å². The number of aromatic nitrogens is 1. The Morgan fingerprint density at radius 1 is 1.28 bits per heavy atom. The molecule has 0 aliphatic carbocycles. The molecule has 0 radical (unpaired) electrons. The van der Waals surface area contributed by atoms with Crippen molar-refractivity contribution in [1.29, 1.82) is 0 Å². The highest BCUT2D eigenvalue weighted by atomic mass is 35.5. The Labute approximate surface area is 171 Å². The number of rotatable bonds is 4. The Balaban J connectivity index is 0.00000156. The standard InChI is InChI=1S/C18H24ClN3S.2ClH/c1-18(2)12-22(8-7-16(18)20)10-15-11-23-17(21-15)9-13-3-5-14(19)6-4-13;;/h3-6,11,16H,7-10,12,20H2,1-2H3;2*1H. The van der Waals surface area contributed by atoms with Gasteiger partial charge in [0.05, 0.1) is 10.7 Å². The minimum atomic E-state index is 0. The molecule has 2 N–H and O–H groups in total. The summed E-state index contributed by atoms with van der Waals surface area (Å²) in [5, 5.41) is 4.13. The van der Waals surface area contributed by atoms with Gasteiger partial charge in [0.25, 0.3) is 0 Å². The first-order chi connectivity index (χ1) is 10.9. The van der Waals surface area contributed by atoms with E-state index < -0.39 is 0 Å². The van der Waals surface area contributed by atoms with E-state index in [0.717, 1.165) is 42.5 Å². The number of likely N-dealkylation sites (tertiary alicyclic amines) is 1. The van der Waals surface area contributed by atoms with Crippen LogP contribution in [0.15, 0.2) is 29.6 Å². The average Bonchev–Trinajstić information content (AvgIpc) is 2.92. The highest BCUT2D eigenvalue weighted by Crippen LogP contribution is 2.28. The van der Waals surface area contributed by atoms with Crippen LogP contribution in [0.4, 0.5) is 0 Å². The summed E-state index contributed by atoms with van der Waals surface area (Å²) in [6.07, 6.45) is 1.94. The minimum absolute atomic E-state index is 0. The number of nitrogens with zero attached hydrogens (tertiary/aromatic N) is 2. The molecule has 2 aromatic rings. The Hall–Kier alpha value is -0.360. The second kappa shape index (κ2) is 9.54. The predicted octanol–water partition coefficient (Wildman–Crippen LogP) is 4.79. The van der Waals surface area contributed by atoms with Gasteiger partial charge in [0.15, 0.2) is 0 Å². The number of piperidine rings is 1. The van der Waals surface area contributed by atoms with Gasteiger partial charge in [-0.25, -0.2) is 4.98 Å². The Kier molecular flexibility index (Phi) is 8.65. The van der Waals surface area contributed by atoms with E-state index in [9.17, 15) is 0 Å². The third kappa shape index (κ3) is 6.09. The monoisotopic (exact) mass is 421 g/mol. The van der Waals surface area contributed by atoms with Gasteiger partial charge in [-0.15, -0.1) is 36.2 Å². The van der Waals surface area contributed by atoms with Crippen molar-refractivity contribution in [3.63, 3.8) is 0 Å². The molecule has 1 aliphatic heterocycles. The molecule has 7 heteroatoms. The summed E-state index contributed by atoms with van der Waals surface area (Å²) in [4.78, 5) is 7.28. The highest BCUT2D eigenvalue weighted by Gasteiger charge is 2.33. The number of hydrogen-bond donors (Lipinski definition) is 1. The fourth-order valence-electron chi connectivity index (χ4n) is 3.13. The van der Waals surface area contributed by atoms with E-state index in [2.05, 4.69) is 36.3 Å². The Morgan fingerprint density at radius 2 is 1.96 bits per heavy atom. The normalized spacial score (nSPS) is 19.8. The van der Waals surface area contributed by atoms with Gasteiger partial charge in [-0.3, -0.25) is 4.90 Å². The first-order valence-corrected chi connectivity index (χ1v) is 9.34. The molecule has 1 atom stereocenters. The van der Waals surface area contributed by atoms with Gasteiger partial charge in [0.2, 0.25) is 0 Å². The maximum absolute atomic E-state index is 6.22. The fourth-order valence-corrected chi connectivity index (χ4v) is 4.07. The summed E-state index contributed by atoms with van der Waals surface area (Å²) in [5.41, 5.74) is 8.82. The molecule has 1 aromatic heterocycles. The predicted molar refractivity (Wildman–Crippen MR) is 113 cm³/mol. The topological polar surface area (TPSA) is 42.2 Å². The van der Waals surface area contributed by atoms with Crippen molar-refractivity contribution in [2.75, 3.05) is 13.1 Å². The average molecular weight is 423 g/mol. The number of halogens is 3. The molecule has 0 saturated carbocycles. The van der Waals surface area contributed by atoms with Gasteiger partial charge in [0.1, 0.15) is 0 Å². The zero-order valence-electron chi connectivity index (χ0n) is 14.6. The molecular weight excluding hydrogens is 397 g/mol. The summed E-state index contributed by atoms with van der Waals surface area (Å²) < 4.78 is 0. The second-order valence-electron chi connectivity index (χ2n) is 7.13. The summed E-state index contributed by atoms with van der Waals surface area (Å²) in [5.74, 6) is 0. The van der Waals surface area contributed by atoms with Crippen LogP contribution >= 0.6 is 47.8 Å². The SMILES string of the molecule is CC1(C)CN(Cc2csc(Cc3ccc(Cl)cc3)n2)CCC1N.Cl.Cl. The lowest BCUT2D eigenvalue weighted by Gasteiger charge is -2.42. The van der Waals surface area contributed by atoms with Crippen LogP contribution < -0.4 is 5.73 Å². The molecule has 0 bridgehead atoms. The van der Waals surface area contributed by atoms with Crippen molar-refractivity contribution in [3.05, 3.63) is 50.9 Å². The summed E-state index contributed by atoms with van der Waals surface area (Å²) in [6, 6.07) is 8.31. The lowest BCUT2D eigenvalue weighted by atomic mass is 9.80. The van der Waals surface area contributed by atoms with E-state index in [1.807, 2.05) is 12.1 Å². The molecule has 1 aliphatic rings. The van der Waals surface area contributed by atoms with E-state index in [4.69, 9.17) is 22.3 Å². The largest absolute Gasteiger partial charge is 0.327 e. The molecule has 3 rings (SSSR count). The van der Waals surface area contributed by atoms with E-state index in [1.165, 1.54) is 11.3 Å². The summed E-state index contributed by atoms with van der Waals surface area (Å²) in [6.45, 7) is 7.55.